The number of benzene rings is 2. The molecule has 4 aromatic rings. The van der Waals surface area contributed by atoms with Crippen molar-refractivity contribution in [1.29, 1.82) is 0 Å². The first-order valence-electron chi connectivity index (χ1n) is 10.8. The van der Waals surface area contributed by atoms with E-state index in [2.05, 4.69) is 11.1 Å². The summed E-state index contributed by atoms with van der Waals surface area (Å²) >= 11 is 1.28. The number of para-hydroxylation sites is 1. The minimum Gasteiger partial charge on any atom is -0.293 e. The Morgan fingerprint density at radius 2 is 1.84 bits per heavy atom. The molecule has 2 aromatic heterocycles. The first-order chi connectivity index (χ1) is 15.6. The van der Waals surface area contributed by atoms with Gasteiger partial charge in [0, 0.05) is 11.8 Å². The third-order valence-electron chi connectivity index (χ3n) is 5.94. The maximum Gasteiger partial charge on any atom is 0.267 e. The zero-order valence-corrected chi connectivity index (χ0v) is 18.7. The lowest BCUT2D eigenvalue weighted by Crippen LogP contribution is -2.23. The highest BCUT2D eigenvalue weighted by Crippen LogP contribution is 2.25. The summed E-state index contributed by atoms with van der Waals surface area (Å²) in [6.07, 6.45) is 6.19. The molecule has 0 bridgehead atoms. The molecular formula is C26H23N3O2S. The highest BCUT2D eigenvalue weighted by atomic mass is 32.2. The van der Waals surface area contributed by atoms with E-state index in [1.165, 1.54) is 40.3 Å². The van der Waals surface area contributed by atoms with Gasteiger partial charge in [-0.1, -0.05) is 42.1 Å². The van der Waals surface area contributed by atoms with Crippen molar-refractivity contribution in [2.45, 2.75) is 37.8 Å². The number of ketones is 1. The van der Waals surface area contributed by atoms with Crippen LogP contribution in [0.5, 0.6) is 0 Å². The van der Waals surface area contributed by atoms with Gasteiger partial charge in [0.25, 0.3) is 5.56 Å². The van der Waals surface area contributed by atoms with Crippen LogP contribution in [0.25, 0.3) is 16.7 Å². The van der Waals surface area contributed by atoms with Gasteiger partial charge < -0.3 is 0 Å². The number of carbonyl (C=O) groups is 1. The average molecular weight is 442 g/mol. The zero-order valence-electron chi connectivity index (χ0n) is 17.9. The summed E-state index contributed by atoms with van der Waals surface area (Å²) in [4.78, 5) is 35.5. The van der Waals surface area contributed by atoms with Gasteiger partial charge in [0.2, 0.25) is 0 Å². The normalized spacial score (nSPS) is 13.2. The van der Waals surface area contributed by atoms with Crippen molar-refractivity contribution in [2.75, 3.05) is 5.75 Å². The molecule has 5 nitrogen and oxygen atoms in total. The monoisotopic (exact) mass is 441 g/mol. The smallest absolute Gasteiger partial charge is 0.267 e. The number of nitrogens with zero attached hydrogens (tertiary/aromatic N) is 3. The molecule has 0 amide bonds. The highest BCUT2D eigenvalue weighted by Gasteiger charge is 2.18. The number of aryl methyl sites for hydroxylation is 3. The van der Waals surface area contributed by atoms with E-state index in [1.807, 2.05) is 49.4 Å². The molecule has 0 atom stereocenters. The van der Waals surface area contributed by atoms with E-state index < -0.39 is 0 Å². The van der Waals surface area contributed by atoms with E-state index in [0.717, 1.165) is 24.0 Å². The van der Waals surface area contributed by atoms with Gasteiger partial charge in [0.05, 0.1) is 16.7 Å². The Hall–Kier alpha value is -3.25. The second-order valence-electron chi connectivity index (χ2n) is 8.10. The third kappa shape index (κ3) is 3.86. The SMILES string of the molecule is Cc1cccnc1-n1c(SCC(=O)c2ccc3c(c2)CCCC3)nc2ccccc2c1=O. The predicted octanol–water partition coefficient (Wildman–Crippen LogP) is 4.94. The average Bonchev–Trinajstić information content (AvgIpc) is 2.83. The number of rotatable bonds is 5. The summed E-state index contributed by atoms with van der Waals surface area (Å²) < 4.78 is 1.53. The van der Waals surface area contributed by atoms with Crippen LogP contribution in [0.4, 0.5) is 0 Å². The molecule has 0 fully saturated rings. The molecule has 0 aliphatic heterocycles. The topological polar surface area (TPSA) is 64.8 Å². The fourth-order valence-corrected chi connectivity index (χ4v) is 5.12. The molecule has 32 heavy (non-hydrogen) atoms. The van der Waals surface area contributed by atoms with E-state index in [-0.39, 0.29) is 17.1 Å². The summed E-state index contributed by atoms with van der Waals surface area (Å²) in [7, 11) is 0. The van der Waals surface area contributed by atoms with E-state index in [1.54, 1.807) is 12.3 Å². The number of hydrogen-bond acceptors (Lipinski definition) is 5. The van der Waals surface area contributed by atoms with Crippen LogP contribution in [0.3, 0.4) is 0 Å². The number of hydrogen-bond donors (Lipinski definition) is 0. The summed E-state index contributed by atoms with van der Waals surface area (Å²) in [6.45, 7) is 1.91. The van der Waals surface area contributed by atoms with Gasteiger partial charge in [0.1, 0.15) is 5.82 Å². The fraction of sp³-hybridized carbons (Fsp3) is 0.231. The Kier molecular flexibility index (Phi) is 5.62. The maximum atomic E-state index is 13.4. The van der Waals surface area contributed by atoms with Crippen LogP contribution >= 0.6 is 11.8 Å². The molecule has 1 aliphatic rings. The predicted molar refractivity (Wildman–Crippen MR) is 128 cm³/mol. The molecule has 2 aromatic carbocycles. The molecule has 0 saturated heterocycles. The lowest BCUT2D eigenvalue weighted by molar-refractivity contribution is 0.102. The van der Waals surface area contributed by atoms with Crippen molar-refractivity contribution < 1.29 is 4.79 Å². The molecule has 1 aliphatic carbocycles. The van der Waals surface area contributed by atoms with Gasteiger partial charge in [0.15, 0.2) is 10.9 Å². The molecule has 5 rings (SSSR count). The first-order valence-corrected chi connectivity index (χ1v) is 11.8. The fourth-order valence-electron chi connectivity index (χ4n) is 4.23. The van der Waals surface area contributed by atoms with Gasteiger partial charge in [-0.05, 0) is 73.6 Å². The molecule has 160 valence electrons. The van der Waals surface area contributed by atoms with Gasteiger partial charge in [-0.3, -0.25) is 9.59 Å². The van der Waals surface area contributed by atoms with Crippen LogP contribution in [0, 0.1) is 6.92 Å². The van der Waals surface area contributed by atoms with Gasteiger partial charge in [-0.25, -0.2) is 14.5 Å². The van der Waals surface area contributed by atoms with Crippen molar-refractivity contribution >= 4 is 28.4 Å². The molecule has 0 saturated carbocycles. The minimum atomic E-state index is -0.180. The Morgan fingerprint density at radius 3 is 2.69 bits per heavy atom. The maximum absolute atomic E-state index is 13.4. The minimum absolute atomic E-state index is 0.0371. The van der Waals surface area contributed by atoms with E-state index >= 15 is 0 Å². The summed E-state index contributed by atoms with van der Waals surface area (Å²) in [6, 6.07) is 17.1. The van der Waals surface area contributed by atoms with Gasteiger partial charge in [-0.2, -0.15) is 0 Å². The number of pyridine rings is 1. The van der Waals surface area contributed by atoms with Gasteiger partial charge >= 0.3 is 0 Å². The number of carbonyl (C=O) groups excluding carboxylic acids is 1. The lowest BCUT2D eigenvalue weighted by Gasteiger charge is -2.16. The van der Waals surface area contributed by atoms with Crippen LogP contribution in [0.15, 0.2) is 70.7 Å². The quantitative estimate of drug-likeness (QED) is 0.249. The summed E-state index contributed by atoms with van der Waals surface area (Å²) in [5.41, 5.74) is 4.68. The number of aromatic nitrogens is 3. The van der Waals surface area contributed by atoms with Crippen molar-refractivity contribution in [1.82, 2.24) is 14.5 Å². The Bertz CT molecular complexity index is 1390. The second kappa shape index (κ2) is 8.71. The Balaban J connectivity index is 1.51. The van der Waals surface area contributed by atoms with Crippen LogP contribution in [-0.2, 0) is 12.8 Å². The van der Waals surface area contributed by atoms with Crippen LogP contribution in [0.2, 0.25) is 0 Å². The molecule has 0 radical (unpaired) electrons. The largest absolute Gasteiger partial charge is 0.293 e. The standard InChI is InChI=1S/C26H23N3O2S/c1-17-7-6-14-27-24(17)29-25(31)21-10-4-5-11-22(21)28-26(29)32-16-23(30)20-13-12-18-8-2-3-9-19(18)15-20/h4-7,10-15H,2-3,8-9,16H2,1H3. The molecule has 0 spiro atoms. The van der Waals surface area contributed by atoms with Gasteiger partial charge in [-0.15, -0.1) is 0 Å². The van der Waals surface area contributed by atoms with Crippen molar-refractivity contribution in [3.05, 3.63) is 93.4 Å². The first kappa shape index (κ1) is 20.6. The van der Waals surface area contributed by atoms with E-state index in [0.29, 0.717) is 21.9 Å². The number of Topliss-reactive ketones (excluding diaryl/α,β-unsaturated/α-hetero) is 1. The van der Waals surface area contributed by atoms with Crippen LogP contribution < -0.4 is 5.56 Å². The Labute approximate surface area is 190 Å². The lowest BCUT2D eigenvalue weighted by atomic mass is 9.90. The highest BCUT2D eigenvalue weighted by molar-refractivity contribution is 7.99. The molecule has 0 unspecified atom stereocenters. The number of fused-ring (bicyclic) bond motifs is 2. The zero-order chi connectivity index (χ0) is 22.1. The molecule has 0 N–H and O–H groups in total. The summed E-state index contributed by atoms with van der Waals surface area (Å²) in [5.74, 6) is 0.782. The number of thioether (sulfide) groups is 1. The summed E-state index contributed by atoms with van der Waals surface area (Å²) in [5, 5.41) is 1.00. The van der Waals surface area contributed by atoms with Crippen molar-refractivity contribution in [2.24, 2.45) is 0 Å². The van der Waals surface area contributed by atoms with Crippen molar-refractivity contribution in [3.63, 3.8) is 0 Å². The molecule has 6 heteroatoms. The van der Waals surface area contributed by atoms with E-state index in [9.17, 15) is 9.59 Å². The van der Waals surface area contributed by atoms with Crippen LogP contribution in [0.1, 0.15) is 39.9 Å². The van der Waals surface area contributed by atoms with Crippen LogP contribution in [-0.4, -0.2) is 26.1 Å². The second-order valence-corrected chi connectivity index (χ2v) is 9.04. The molecular weight excluding hydrogens is 418 g/mol. The third-order valence-corrected chi connectivity index (χ3v) is 6.88. The molecule has 2 heterocycles. The van der Waals surface area contributed by atoms with E-state index in [4.69, 9.17) is 4.98 Å². The Morgan fingerprint density at radius 1 is 1.03 bits per heavy atom. The van der Waals surface area contributed by atoms with Crippen molar-refractivity contribution in [3.8, 4) is 5.82 Å².